The van der Waals surface area contributed by atoms with Crippen LogP contribution in [-0.4, -0.2) is 49.0 Å². The zero-order chi connectivity index (χ0) is 15.5. The van der Waals surface area contributed by atoms with Crippen molar-refractivity contribution in [2.24, 2.45) is 5.41 Å². The van der Waals surface area contributed by atoms with Crippen molar-refractivity contribution >= 4 is 41.4 Å². The lowest BCUT2D eigenvalue weighted by molar-refractivity contribution is -0.148. The van der Waals surface area contributed by atoms with Gasteiger partial charge in [-0.05, 0) is 33.6 Å². The molecule has 1 saturated heterocycles. The van der Waals surface area contributed by atoms with Crippen molar-refractivity contribution in [3.8, 4) is 0 Å². The number of carbonyl (C=O) groups excluding carboxylic acids is 1. The van der Waals surface area contributed by atoms with Crippen LogP contribution in [0.25, 0.3) is 0 Å². The van der Waals surface area contributed by atoms with Crippen LogP contribution in [0.5, 0.6) is 0 Å². The highest BCUT2D eigenvalue weighted by Crippen LogP contribution is 2.49. The highest BCUT2D eigenvalue weighted by atomic mass is 127. The summed E-state index contributed by atoms with van der Waals surface area (Å²) in [5.74, 6) is 0. The summed E-state index contributed by atoms with van der Waals surface area (Å²) in [5.41, 5.74) is -0.159. The molecule has 0 aromatic rings. The molecule has 0 aromatic heterocycles. The van der Waals surface area contributed by atoms with E-state index in [1.54, 1.807) is 27.9 Å². The van der Waals surface area contributed by atoms with Crippen LogP contribution in [0.15, 0.2) is 0 Å². The molecular weight excluding hydrogens is 409 g/mol. The Morgan fingerprint density at radius 3 is 2.57 bits per heavy atom. The Morgan fingerprint density at radius 1 is 1.33 bits per heavy atom. The van der Waals surface area contributed by atoms with Crippen molar-refractivity contribution in [2.45, 2.75) is 45.3 Å². The first kappa shape index (κ1) is 17.6. The van der Waals surface area contributed by atoms with Crippen molar-refractivity contribution in [3.05, 3.63) is 0 Å². The smallest absolute Gasteiger partial charge is 0.410 e. The number of halogens is 1. The molecule has 122 valence electrons. The molecule has 0 radical (unpaired) electrons. The van der Waals surface area contributed by atoms with E-state index in [1.165, 1.54) is 0 Å². The van der Waals surface area contributed by atoms with Gasteiger partial charge in [0.15, 0.2) is 12.3 Å². The summed E-state index contributed by atoms with van der Waals surface area (Å²) in [6, 6.07) is 0. The molecule has 1 saturated carbocycles. The second-order valence-corrected chi connectivity index (χ2v) is 8.27. The summed E-state index contributed by atoms with van der Waals surface area (Å²) in [7, 11) is 0. The lowest BCUT2D eigenvalue weighted by Gasteiger charge is -2.58. The summed E-state index contributed by atoms with van der Waals surface area (Å²) in [5, 5.41) is 0. The van der Waals surface area contributed by atoms with E-state index in [-0.39, 0.29) is 11.5 Å². The van der Waals surface area contributed by atoms with Crippen LogP contribution >= 0.6 is 35.3 Å². The largest absolute Gasteiger partial charge is 0.444 e. The summed E-state index contributed by atoms with van der Waals surface area (Å²) < 4.78 is 20.8. The van der Waals surface area contributed by atoms with Gasteiger partial charge < -0.3 is 14.4 Å². The maximum Gasteiger partial charge on any atom is 0.410 e. The molecular formula is C13H22INO5S. The normalized spacial score (nSPS) is 21.0. The van der Waals surface area contributed by atoms with Crippen LogP contribution in [0.4, 0.5) is 4.79 Å². The van der Waals surface area contributed by atoms with Crippen molar-refractivity contribution < 1.29 is 21.0 Å². The highest BCUT2D eigenvalue weighted by molar-refractivity contribution is 14.1. The number of carbonyl (C=O) groups is 1. The summed E-state index contributed by atoms with van der Waals surface area (Å²) in [4.78, 5) is 13.6. The third kappa shape index (κ3) is 5.12. The topological polar surface area (TPSA) is 57.2 Å². The molecule has 0 unspecified atom stereocenters. The van der Waals surface area contributed by atoms with Crippen molar-refractivity contribution in [2.75, 3.05) is 26.3 Å². The fraction of sp³-hybridized carbons (Fsp3) is 0.923. The second kappa shape index (κ2) is 7.20. The zero-order valence-corrected chi connectivity index (χ0v) is 15.6. The Kier molecular flexibility index (Phi) is 6.03. The minimum Gasteiger partial charge on any atom is -0.444 e. The van der Waals surface area contributed by atoms with E-state index in [9.17, 15) is 4.79 Å². The summed E-state index contributed by atoms with van der Waals surface area (Å²) in [6.07, 6.45) is 2.12. The van der Waals surface area contributed by atoms with E-state index in [0.29, 0.717) is 19.3 Å². The van der Waals surface area contributed by atoms with E-state index in [0.717, 1.165) is 38.3 Å². The summed E-state index contributed by atoms with van der Waals surface area (Å²) >= 11 is 2.72. The molecule has 2 aliphatic rings. The molecule has 0 atom stereocenters. The van der Waals surface area contributed by atoms with Gasteiger partial charge in [0.2, 0.25) is 0 Å². The van der Waals surface area contributed by atoms with Crippen LogP contribution in [0.2, 0.25) is 0 Å². The predicted octanol–water partition coefficient (Wildman–Crippen LogP) is 3.35. The van der Waals surface area contributed by atoms with Gasteiger partial charge in [-0.25, -0.2) is 7.31 Å². The second-order valence-electron chi connectivity index (χ2n) is 6.69. The fourth-order valence-electron chi connectivity index (χ4n) is 2.80. The van der Waals surface area contributed by atoms with Gasteiger partial charge in [-0.3, -0.25) is 4.18 Å². The molecule has 0 N–H and O–H groups in total. The van der Waals surface area contributed by atoms with Crippen LogP contribution in [-0.2, 0) is 16.2 Å². The zero-order valence-electron chi connectivity index (χ0n) is 12.6. The van der Waals surface area contributed by atoms with Gasteiger partial charge in [0.05, 0.1) is 19.3 Å². The van der Waals surface area contributed by atoms with Crippen LogP contribution in [0.3, 0.4) is 0 Å². The Hall–Kier alpha value is 0.230. The van der Waals surface area contributed by atoms with Crippen LogP contribution in [0, 0.1) is 5.41 Å². The Bertz CT molecular complexity index is 362. The highest BCUT2D eigenvalue weighted by Gasteiger charge is 2.54. The Labute approximate surface area is 144 Å². The molecule has 1 spiro atoms. The lowest BCUT2D eigenvalue weighted by atomic mass is 9.62. The number of amides is 1. The first-order valence-electron chi connectivity index (χ1n) is 7.00. The number of hydrogen-bond acceptors (Lipinski definition) is 6. The van der Waals surface area contributed by atoms with Gasteiger partial charge in [-0.1, -0.05) is 0 Å². The molecule has 1 aliphatic heterocycles. The maximum absolute atomic E-state index is 11.9. The molecule has 1 aliphatic carbocycles. The Balaban J connectivity index is 1.56. The van der Waals surface area contributed by atoms with E-state index in [2.05, 4.69) is 2.51 Å². The van der Waals surface area contributed by atoms with E-state index >= 15 is 0 Å². The molecule has 21 heavy (non-hydrogen) atoms. The molecule has 0 aromatic carbocycles. The van der Waals surface area contributed by atoms with E-state index in [4.69, 9.17) is 13.7 Å². The first-order valence-corrected chi connectivity index (χ1v) is 8.55. The fourth-order valence-corrected chi connectivity index (χ4v) is 3.29. The molecule has 2 fully saturated rings. The minimum absolute atomic E-state index is 0.207. The van der Waals surface area contributed by atoms with Gasteiger partial charge in [0.1, 0.15) is 28.6 Å². The summed E-state index contributed by atoms with van der Waals surface area (Å²) in [6.45, 7) is 8.32. The van der Waals surface area contributed by atoms with Crippen LogP contribution in [0.1, 0.15) is 33.6 Å². The lowest BCUT2D eigenvalue weighted by Crippen LogP contribution is -2.65. The molecule has 1 heterocycles. The molecule has 1 amide bonds. The van der Waals surface area contributed by atoms with Gasteiger partial charge in [0, 0.05) is 18.5 Å². The Morgan fingerprint density at radius 2 is 2.00 bits per heavy atom. The number of likely N-dealkylation sites (tertiary alicyclic amines) is 1. The van der Waals surface area contributed by atoms with Gasteiger partial charge in [-0.2, -0.15) is 0 Å². The quantitative estimate of drug-likeness (QED) is 0.365. The van der Waals surface area contributed by atoms with Crippen molar-refractivity contribution in [3.63, 3.8) is 0 Å². The average molecular weight is 431 g/mol. The minimum atomic E-state index is -0.426. The third-order valence-corrected chi connectivity index (χ3v) is 4.37. The van der Waals surface area contributed by atoms with Gasteiger partial charge in [0.25, 0.3) is 0 Å². The van der Waals surface area contributed by atoms with Crippen molar-refractivity contribution in [1.29, 1.82) is 0 Å². The number of hydrogen-bond donors (Lipinski definition) is 0. The van der Waals surface area contributed by atoms with Crippen molar-refractivity contribution in [1.82, 2.24) is 4.90 Å². The van der Waals surface area contributed by atoms with E-state index in [1.807, 2.05) is 20.8 Å². The monoisotopic (exact) mass is 431 g/mol. The van der Waals surface area contributed by atoms with E-state index < -0.39 is 5.60 Å². The van der Waals surface area contributed by atoms with Gasteiger partial charge >= 0.3 is 6.09 Å². The standard InChI is InChI=1S/C13H22INO5S/c1-12(2,3)19-11(16)15-8-13(9-15)6-10(7-13)17-4-5-18-21-20-14/h10H,4-9H2,1-3H3. The van der Waals surface area contributed by atoms with Crippen LogP contribution < -0.4 is 0 Å². The number of rotatable bonds is 6. The first-order chi connectivity index (χ1) is 9.84. The number of nitrogens with zero attached hydrogens (tertiary/aromatic N) is 1. The maximum atomic E-state index is 11.9. The molecule has 8 heteroatoms. The predicted molar refractivity (Wildman–Crippen MR) is 87.9 cm³/mol. The van der Waals surface area contributed by atoms with Gasteiger partial charge in [-0.15, -0.1) is 0 Å². The third-order valence-electron chi connectivity index (χ3n) is 3.62. The number of ether oxygens (including phenoxy) is 2. The SMILES string of the molecule is CC(C)(C)OC(=O)N1CC2(CC(OCCOSOI)C2)C1. The molecule has 2 rings (SSSR count). The molecule has 6 nitrogen and oxygen atoms in total. The molecule has 0 bridgehead atoms. The average Bonchev–Trinajstić information content (AvgIpc) is 2.26.